The van der Waals surface area contributed by atoms with Crippen molar-refractivity contribution in [2.75, 3.05) is 5.33 Å². The van der Waals surface area contributed by atoms with E-state index in [0.717, 1.165) is 0 Å². The molecule has 0 spiro atoms. The van der Waals surface area contributed by atoms with Crippen LogP contribution in [0.2, 0.25) is 0 Å². The van der Waals surface area contributed by atoms with Crippen molar-refractivity contribution in [3.05, 3.63) is 45.8 Å². The van der Waals surface area contributed by atoms with Crippen molar-refractivity contribution in [1.29, 1.82) is 0 Å². The Balaban J connectivity index is 2.55. The van der Waals surface area contributed by atoms with Crippen LogP contribution in [0.5, 0.6) is 0 Å². The summed E-state index contributed by atoms with van der Waals surface area (Å²) in [5.74, 6) is -1.38. The second-order valence-corrected chi connectivity index (χ2v) is 4.86. The lowest BCUT2D eigenvalue weighted by atomic mass is 10.0. The number of halogens is 1. The maximum Gasteiger partial charge on any atom is 0.351 e. The minimum atomic E-state index is -1.38. The molecule has 7 heteroatoms. The highest BCUT2D eigenvalue weighted by Gasteiger charge is 2.18. The van der Waals surface area contributed by atoms with Gasteiger partial charge in [-0.25, -0.2) is 9.59 Å². The van der Waals surface area contributed by atoms with Gasteiger partial charge in [-0.3, -0.25) is 0 Å². The van der Waals surface area contributed by atoms with Gasteiger partial charge in [0.2, 0.25) is 0 Å². The highest BCUT2D eigenvalue weighted by atomic mass is 79.9. The minimum absolute atomic E-state index is 0.191. The molecule has 0 aliphatic rings. The number of aliphatic hydroxyl groups excluding tert-OH is 2. The van der Waals surface area contributed by atoms with Crippen molar-refractivity contribution < 1.29 is 24.5 Å². The second-order valence-electron chi connectivity index (χ2n) is 4.22. The first-order valence-corrected chi connectivity index (χ1v) is 6.79. The van der Waals surface area contributed by atoms with E-state index in [4.69, 9.17) is 9.52 Å². The lowest BCUT2D eigenvalue weighted by Crippen LogP contribution is -2.19. The summed E-state index contributed by atoms with van der Waals surface area (Å²) < 4.78 is 4.89. The number of carboxylic acid groups (broad SMARTS) is 1. The number of aromatic carboxylic acids is 1. The predicted octanol–water partition coefficient (Wildman–Crippen LogP) is 1.28. The van der Waals surface area contributed by atoms with E-state index in [1.165, 1.54) is 24.3 Å². The summed E-state index contributed by atoms with van der Waals surface area (Å²) in [6.45, 7) is 0. The highest BCUT2D eigenvalue weighted by Crippen LogP contribution is 2.23. The van der Waals surface area contributed by atoms with E-state index in [9.17, 15) is 19.8 Å². The molecule has 0 fully saturated rings. The van der Waals surface area contributed by atoms with E-state index in [1.54, 1.807) is 0 Å². The van der Waals surface area contributed by atoms with E-state index in [0.29, 0.717) is 10.9 Å². The number of alkyl halides is 1. The molecule has 1 heterocycles. The fourth-order valence-electron chi connectivity index (χ4n) is 1.78. The van der Waals surface area contributed by atoms with Crippen LogP contribution in [0.1, 0.15) is 22.0 Å². The van der Waals surface area contributed by atoms with Crippen LogP contribution in [0.25, 0.3) is 11.0 Å². The molecule has 0 saturated carbocycles. The summed E-state index contributed by atoms with van der Waals surface area (Å²) >= 11 is 3.06. The van der Waals surface area contributed by atoms with Crippen LogP contribution < -0.4 is 5.63 Å². The molecular formula is C13H11BrO6. The van der Waals surface area contributed by atoms with E-state index >= 15 is 0 Å². The van der Waals surface area contributed by atoms with Crippen LogP contribution in [0.15, 0.2) is 33.5 Å². The number of aliphatic hydroxyl groups is 2. The van der Waals surface area contributed by atoms with Gasteiger partial charge in [0.25, 0.3) is 0 Å². The molecule has 106 valence electrons. The molecule has 0 aliphatic heterocycles. The Hall–Kier alpha value is -1.70. The third-order valence-corrected chi connectivity index (χ3v) is 3.51. The first-order valence-electron chi connectivity index (χ1n) is 5.67. The minimum Gasteiger partial charge on any atom is -0.477 e. The Bertz CT molecular complexity index is 708. The fraction of sp³-hybridized carbons (Fsp3) is 0.231. The van der Waals surface area contributed by atoms with E-state index in [1.807, 2.05) is 0 Å². The summed E-state index contributed by atoms with van der Waals surface area (Å²) in [6, 6.07) is 5.60. The van der Waals surface area contributed by atoms with Gasteiger partial charge in [0.05, 0.1) is 6.10 Å². The van der Waals surface area contributed by atoms with Gasteiger partial charge in [0, 0.05) is 10.7 Å². The molecule has 0 saturated heterocycles. The third kappa shape index (κ3) is 2.74. The smallest absolute Gasteiger partial charge is 0.351 e. The quantitative estimate of drug-likeness (QED) is 0.570. The molecule has 1 aromatic carbocycles. The molecule has 0 aliphatic carbocycles. The summed E-state index contributed by atoms with van der Waals surface area (Å²) in [7, 11) is 0. The Morgan fingerprint density at radius 1 is 1.30 bits per heavy atom. The van der Waals surface area contributed by atoms with Crippen LogP contribution in [0.4, 0.5) is 0 Å². The molecule has 2 unspecified atom stereocenters. The van der Waals surface area contributed by atoms with E-state index < -0.39 is 29.4 Å². The van der Waals surface area contributed by atoms with Gasteiger partial charge in [-0.05, 0) is 23.8 Å². The molecule has 0 amide bonds. The molecule has 6 nitrogen and oxygen atoms in total. The van der Waals surface area contributed by atoms with E-state index in [2.05, 4.69) is 15.9 Å². The lowest BCUT2D eigenvalue weighted by Gasteiger charge is -2.16. The van der Waals surface area contributed by atoms with Gasteiger partial charge in [-0.1, -0.05) is 22.0 Å². The number of rotatable bonds is 4. The molecule has 2 atom stereocenters. The average molecular weight is 343 g/mol. The van der Waals surface area contributed by atoms with Crippen LogP contribution in [0.3, 0.4) is 0 Å². The highest BCUT2D eigenvalue weighted by molar-refractivity contribution is 9.09. The summed E-state index contributed by atoms with van der Waals surface area (Å²) in [6.07, 6.45) is -2.12. The zero-order valence-electron chi connectivity index (χ0n) is 10.1. The van der Waals surface area contributed by atoms with Crippen LogP contribution >= 0.6 is 15.9 Å². The molecule has 2 aromatic rings. The SMILES string of the molecule is O=C(O)c1cc2cc(C(O)C(O)CBr)ccc2oc1=O. The van der Waals surface area contributed by atoms with Crippen molar-refractivity contribution in [2.24, 2.45) is 0 Å². The Morgan fingerprint density at radius 3 is 2.60 bits per heavy atom. The van der Waals surface area contributed by atoms with Crippen LogP contribution in [0, 0.1) is 0 Å². The van der Waals surface area contributed by atoms with Gasteiger partial charge in [-0.15, -0.1) is 0 Å². The van der Waals surface area contributed by atoms with Crippen LogP contribution in [-0.2, 0) is 0 Å². The van der Waals surface area contributed by atoms with Crippen molar-refractivity contribution in [2.45, 2.75) is 12.2 Å². The maximum atomic E-state index is 11.4. The Morgan fingerprint density at radius 2 is 2.00 bits per heavy atom. The normalized spacial score (nSPS) is 14.2. The maximum absolute atomic E-state index is 11.4. The molecule has 1 aromatic heterocycles. The van der Waals surface area contributed by atoms with Gasteiger partial charge in [0.15, 0.2) is 0 Å². The van der Waals surface area contributed by atoms with Gasteiger partial charge in [0.1, 0.15) is 17.3 Å². The molecule has 0 radical (unpaired) electrons. The largest absolute Gasteiger partial charge is 0.477 e. The molecule has 2 rings (SSSR count). The van der Waals surface area contributed by atoms with Crippen molar-refractivity contribution >= 4 is 32.9 Å². The summed E-state index contributed by atoms with van der Waals surface area (Å²) in [5.41, 5.74) is -0.803. The summed E-state index contributed by atoms with van der Waals surface area (Å²) in [5, 5.41) is 28.9. The van der Waals surface area contributed by atoms with Gasteiger partial charge in [-0.2, -0.15) is 0 Å². The molecule has 3 N–H and O–H groups in total. The third-order valence-electron chi connectivity index (χ3n) is 2.85. The predicted molar refractivity (Wildman–Crippen MR) is 74.2 cm³/mol. The number of fused-ring (bicyclic) bond motifs is 1. The van der Waals surface area contributed by atoms with E-state index in [-0.39, 0.29) is 10.9 Å². The van der Waals surface area contributed by atoms with Gasteiger partial charge < -0.3 is 19.7 Å². The van der Waals surface area contributed by atoms with Gasteiger partial charge >= 0.3 is 11.6 Å². The zero-order valence-corrected chi connectivity index (χ0v) is 11.7. The summed E-state index contributed by atoms with van der Waals surface area (Å²) in [4.78, 5) is 22.3. The lowest BCUT2D eigenvalue weighted by molar-refractivity contribution is 0.0343. The monoisotopic (exact) mass is 342 g/mol. The standard InChI is InChI=1S/C13H11BrO6/c14-5-9(15)11(16)6-1-2-10-7(3-6)4-8(12(17)18)13(19)20-10/h1-4,9,11,15-16H,5H2,(H,17,18). The number of carbonyl (C=O) groups is 1. The number of carboxylic acids is 1. The fourth-order valence-corrected chi connectivity index (χ4v) is 2.14. The molecular weight excluding hydrogens is 332 g/mol. The molecule has 20 heavy (non-hydrogen) atoms. The number of hydrogen-bond acceptors (Lipinski definition) is 5. The second kappa shape index (κ2) is 5.74. The zero-order chi connectivity index (χ0) is 14.9. The Kier molecular flexibility index (Phi) is 4.22. The first-order chi connectivity index (χ1) is 9.43. The van der Waals surface area contributed by atoms with Crippen molar-refractivity contribution in [1.82, 2.24) is 0 Å². The molecule has 0 bridgehead atoms. The van der Waals surface area contributed by atoms with Crippen molar-refractivity contribution in [3.63, 3.8) is 0 Å². The van der Waals surface area contributed by atoms with Crippen molar-refractivity contribution in [3.8, 4) is 0 Å². The topological polar surface area (TPSA) is 108 Å². The average Bonchev–Trinajstić information content (AvgIpc) is 2.44. The Labute approximate surface area is 121 Å². The number of hydrogen-bond donors (Lipinski definition) is 3. The first kappa shape index (κ1) is 14.7. The number of benzene rings is 1. The van der Waals surface area contributed by atoms with Crippen LogP contribution in [-0.4, -0.2) is 32.7 Å².